The maximum Gasteiger partial charge on any atom is 0.305 e. The number of fused-ring (bicyclic) bond motifs is 1. The van der Waals surface area contributed by atoms with Gasteiger partial charge in [0.15, 0.2) is 0 Å². The molecule has 0 amide bonds. The molecule has 8 heteroatoms. The number of ether oxygens (including phenoxy) is 1. The van der Waals surface area contributed by atoms with Crippen LogP contribution in [0.2, 0.25) is 5.02 Å². The van der Waals surface area contributed by atoms with Crippen LogP contribution in [0.5, 0.6) is 0 Å². The summed E-state index contributed by atoms with van der Waals surface area (Å²) in [6.07, 6.45) is 6.74. The maximum absolute atomic E-state index is 13.0. The lowest BCUT2D eigenvalue weighted by Gasteiger charge is -2.22. The second-order valence-electron chi connectivity index (χ2n) is 9.08. The average molecular weight is 527 g/mol. The highest BCUT2D eigenvalue weighted by molar-refractivity contribution is 7.89. The second-order valence-corrected chi connectivity index (χ2v) is 11.2. The van der Waals surface area contributed by atoms with E-state index < -0.39 is 10.0 Å². The van der Waals surface area contributed by atoms with E-state index in [1.54, 1.807) is 12.1 Å². The van der Waals surface area contributed by atoms with Crippen LogP contribution < -0.4 is 4.72 Å². The van der Waals surface area contributed by atoms with Gasteiger partial charge in [-0.25, -0.2) is 13.1 Å². The van der Waals surface area contributed by atoms with Crippen LogP contribution in [0.1, 0.15) is 31.2 Å². The van der Waals surface area contributed by atoms with Gasteiger partial charge in [0.05, 0.1) is 12.0 Å². The third kappa shape index (κ3) is 6.95. The summed E-state index contributed by atoms with van der Waals surface area (Å²) in [5, 5.41) is 2.87. The molecule has 1 N–H and O–H groups in total. The van der Waals surface area contributed by atoms with Gasteiger partial charge in [-0.1, -0.05) is 60.2 Å². The molecule has 2 atom stereocenters. The Hall–Kier alpha value is -2.71. The Morgan fingerprint density at radius 1 is 1.11 bits per heavy atom. The fourth-order valence-electron chi connectivity index (χ4n) is 4.59. The van der Waals surface area contributed by atoms with Crippen molar-refractivity contribution in [1.82, 2.24) is 9.62 Å². The van der Waals surface area contributed by atoms with Crippen LogP contribution >= 0.6 is 11.6 Å². The standard InChI is InChI=1S/C28H31ClN2O4S/c1-35-28(32)10-4-2-3-9-26-18-25(30-36(33,34)27-15-13-24(29)14-16-27)20-31(26)19-21-11-12-22-7-5-6-8-23(22)17-21/h3,5-9,11-17,25-26,30H,2,4,10,18-20H2,1H3/b9-3-/t25-,26-/m1/s1. The number of likely N-dealkylation sites (tertiary alicyclic amines) is 1. The lowest BCUT2D eigenvalue weighted by atomic mass is 10.1. The predicted molar refractivity (Wildman–Crippen MR) is 143 cm³/mol. The van der Waals surface area contributed by atoms with Gasteiger partial charge in [0.25, 0.3) is 0 Å². The monoisotopic (exact) mass is 526 g/mol. The summed E-state index contributed by atoms with van der Waals surface area (Å²) >= 11 is 5.92. The van der Waals surface area contributed by atoms with E-state index in [9.17, 15) is 13.2 Å². The lowest BCUT2D eigenvalue weighted by Crippen LogP contribution is -2.37. The first kappa shape index (κ1) is 26.4. The number of carbonyl (C=O) groups is 1. The number of benzene rings is 3. The van der Waals surface area contributed by atoms with Gasteiger partial charge in [0, 0.05) is 36.6 Å². The van der Waals surface area contributed by atoms with Crippen molar-refractivity contribution in [3.8, 4) is 0 Å². The topological polar surface area (TPSA) is 75.7 Å². The summed E-state index contributed by atoms with van der Waals surface area (Å²) < 4.78 is 33.5. The molecular formula is C28H31ClN2O4S. The fourth-order valence-corrected chi connectivity index (χ4v) is 5.96. The van der Waals surface area contributed by atoms with Gasteiger partial charge in [0.1, 0.15) is 0 Å². The minimum absolute atomic E-state index is 0.0764. The largest absolute Gasteiger partial charge is 0.469 e. The first-order valence-corrected chi connectivity index (χ1v) is 13.9. The number of methoxy groups -OCH3 is 1. The normalized spacial score (nSPS) is 18.7. The highest BCUT2D eigenvalue weighted by Gasteiger charge is 2.33. The number of allylic oxidation sites excluding steroid dienone is 1. The van der Waals surface area contributed by atoms with E-state index in [2.05, 4.69) is 52.1 Å². The van der Waals surface area contributed by atoms with E-state index in [1.807, 2.05) is 12.1 Å². The summed E-state index contributed by atoms with van der Waals surface area (Å²) in [6, 6.07) is 20.7. The molecule has 0 saturated carbocycles. The summed E-state index contributed by atoms with van der Waals surface area (Å²) in [7, 11) is -2.27. The number of rotatable bonds is 10. The molecule has 1 fully saturated rings. The smallest absolute Gasteiger partial charge is 0.305 e. The summed E-state index contributed by atoms with van der Waals surface area (Å²) in [5.74, 6) is -0.209. The first-order valence-electron chi connectivity index (χ1n) is 12.1. The van der Waals surface area contributed by atoms with Gasteiger partial charge in [-0.2, -0.15) is 0 Å². The zero-order valence-corrected chi connectivity index (χ0v) is 21.8. The molecule has 0 radical (unpaired) electrons. The van der Waals surface area contributed by atoms with Gasteiger partial charge in [-0.15, -0.1) is 0 Å². The molecule has 0 aromatic heterocycles. The van der Waals surface area contributed by atoms with E-state index in [0.717, 1.165) is 6.42 Å². The fraction of sp³-hybridized carbons (Fsp3) is 0.321. The molecule has 4 rings (SSSR count). The number of halogens is 1. The molecule has 0 unspecified atom stereocenters. The third-order valence-electron chi connectivity index (χ3n) is 6.43. The first-order chi connectivity index (χ1) is 17.3. The zero-order valence-electron chi connectivity index (χ0n) is 20.3. The van der Waals surface area contributed by atoms with Crippen LogP contribution in [-0.4, -0.2) is 45.0 Å². The molecule has 1 saturated heterocycles. The second kappa shape index (κ2) is 12.0. The zero-order chi connectivity index (χ0) is 25.5. The number of unbranched alkanes of at least 4 members (excludes halogenated alkanes) is 1. The van der Waals surface area contributed by atoms with E-state index in [4.69, 9.17) is 16.3 Å². The van der Waals surface area contributed by atoms with E-state index in [0.29, 0.717) is 37.4 Å². The summed E-state index contributed by atoms with van der Waals surface area (Å²) in [6.45, 7) is 1.30. The number of nitrogens with zero attached hydrogens (tertiary/aromatic N) is 1. The van der Waals surface area contributed by atoms with Crippen LogP contribution in [0.3, 0.4) is 0 Å². The average Bonchev–Trinajstić information content (AvgIpc) is 3.23. The maximum atomic E-state index is 13.0. The van der Waals surface area contributed by atoms with Gasteiger partial charge in [-0.05, 0) is 65.9 Å². The van der Waals surface area contributed by atoms with Crippen molar-refractivity contribution in [3.05, 3.63) is 89.5 Å². The molecular weight excluding hydrogens is 496 g/mol. The van der Waals surface area contributed by atoms with E-state index in [1.165, 1.54) is 35.6 Å². The van der Waals surface area contributed by atoms with Crippen LogP contribution in [-0.2, 0) is 26.1 Å². The molecule has 3 aromatic carbocycles. The van der Waals surface area contributed by atoms with Crippen molar-refractivity contribution in [1.29, 1.82) is 0 Å². The van der Waals surface area contributed by atoms with Crippen molar-refractivity contribution in [2.75, 3.05) is 13.7 Å². The number of sulfonamides is 1. The van der Waals surface area contributed by atoms with Crippen molar-refractivity contribution in [2.45, 2.75) is 49.2 Å². The molecule has 1 aliphatic heterocycles. The molecule has 0 spiro atoms. The Labute approximate surface area is 218 Å². The Kier molecular flexibility index (Phi) is 8.80. The van der Waals surface area contributed by atoms with Crippen LogP contribution in [0, 0.1) is 0 Å². The minimum Gasteiger partial charge on any atom is -0.469 e. The van der Waals surface area contributed by atoms with Crippen LogP contribution in [0.25, 0.3) is 10.8 Å². The Morgan fingerprint density at radius 2 is 1.86 bits per heavy atom. The number of nitrogens with one attached hydrogen (secondary N) is 1. The third-order valence-corrected chi connectivity index (χ3v) is 8.22. The summed E-state index contributed by atoms with van der Waals surface area (Å²) in [5.41, 5.74) is 1.18. The molecule has 0 aliphatic carbocycles. The van der Waals surface area contributed by atoms with Gasteiger partial charge >= 0.3 is 5.97 Å². The van der Waals surface area contributed by atoms with Crippen molar-refractivity contribution in [2.24, 2.45) is 0 Å². The van der Waals surface area contributed by atoms with Crippen LogP contribution in [0.4, 0.5) is 0 Å². The van der Waals surface area contributed by atoms with E-state index in [-0.39, 0.29) is 22.9 Å². The highest BCUT2D eigenvalue weighted by Crippen LogP contribution is 2.25. The molecule has 1 heterocycles. The Bertz CT molecular complexity index is 1320. The molecule has 3 aromatic rings. The van der Waals surface area contributed by atoms with Gasteiger partial charge in [0.2, 0.25) is 10.0 Å². The van der Waals surface area contributed by atoms with Crippen molar-refractivity contribution < 1.29 is 17.9 Å². The minimum atomic E-state index is -3.66. The molecule has 36 heavy (non-hydrogen) atoms. The molecule has 6 nitrogen and oxygen atoms in total. The lowest BCUT2D eigenvalue weighted by molar-refractivity contribution is -0.140. The van der Waals surface area contributed by atoms with Crippen molar-refractivity contribution in [3.63, 3.8) is 0 Å². The van der Waals surface area contributed by atoms with Gasteiger partial charge in [-0.3, -0.25) is 9.69 Å². The number of carbonyl (C=O) groups excluding carboxylic acids is 1. The Morgan fingerprint density at radius 3 is 2.61 bits per heavy atom. The number of hydrogen-bond acceptors (Lipinski definition) is 5. The highest BCUT2D eigenvalue weighted by atomic mass is 35.5. The number of esters is 1. The Balaban J connectivity index is 1.47. The predicted octanol–water partition coefficient (Wildman–Crippen LogP) is 5.31. The molecule has 190 valence electrons. The van der Waals surface area contributed by atoms with Gasteiger partial charge < -0.3 is 4.74 Å². The SMILES string of the molecule is COC(=O)CCC/C=C\[C@@H]1C[C@@H](NS(=O)(=O)c2ccc(Cl)cc2)CN1Cc1ccc2ccccc2c1. The molecule has 0 bridgehead atoms. The van der Waals surface area contributed by atoms with E-state index >= 15 is 0 Å². The number of hydrogen-bond donors (Lipinski definition) is 1. The van der Waals surface area contributed by atoms with Crippen LogP contribution in [0.15, 0.2) is 83.8 Å². The quantitative estimate of drug-likeness (QED) is 0.220. The molecule has 1 aliphatic rings. The summed E-state index contributed by atoms with van der Waals surface area (Å²) in [4.78, 5) is 13.9. The van der Waals surface area contributed by atoms with Crippen molar-refractivity contribution >= 4 is 38.4 Å².